The summed E-state index contributed by atoms with van der Waals surface area (Å²) in [6, 6.07) is 0. The Bertz CT molecular complexity index is 200. The van der Waals surface area contributed by atoms with Crippen LogP contribution in [0.1, 0.15) is 12.5 Å². The standard InChI is InChI=1S/C6H6ClN2/c1-2-5-3-8-4-9-6(5)7/h4H,2H2,1H3. The van der Waals surface area contributed by atoms with E-state index >= 15 is 0 Å². The summed E-state index contributed by atoms with van der Waals surface area (Å²) in [5.74, 6) is 0. The van der Waals surface area contributed by atoms with Crippen LogP contribution in [0, 0.1) is 6.20 Å². The van der Waals surface area contributed by atoms with Gasteiger partial charge in [-0.2, -0.15) is 0 Å². The smallest absolute Gasteiger partial charge is 0.136 e. The van der Waals surface area contributed by atoms with E-state index in [4.69, 9.17) is 11.6 Å². The van der Waals surface area contributed by atoms with Crippen molar-refractivity contribution in [2.45, 2.75) is 13.3 Å². The third-order valence-electron chi connectivity index (χ3n) is 1.03. The lowest BCUT2D eigenvalue weighted by Crippen LogP contribution is -1.87. The molecule has 1 aromatic heterocycles. The second-order valence-corrected chi connectivity index (χ2v) is 1.97. The molecule has 1 rings (SSSR count). The minimum absolute atomic E-state index is 0.507. The zero-order valence-electron chi connectivity index (χ0n) is 5.06. The van der Waals surface area contributed by atoms with Crippen LogP contribution in [0.25, 0.3) is 0 Å². The fourth-order valence-corrected chi connectivity index (χ4v) is 0.755. The number of hydrogen-bond acceptors (Lipinski definition) is 2. The Hall–Kier alpha value is -0.630. The minimum atomic E-state index is 0.507. The molecule has 0 aliphatic carbocycles. The van der Waals surface area contributed by atoms with Gasteiger partial charge in [0.1, 0.15) is 11.5 Å². The SMILES string of the molecule is CCc1[c]ncnc1Cl. The molecule has 0 aliphatic rings. The molecule has 3 heteroatoms. The van der Waals surface area contributed by atoms with E-state index in [1.54, 1.807) is 0 Å². The lowest BCUT2D eigenvalue weighted by atomic mass is 10.3. The van der Waals surface area contributed by atoms with Gasteiger partial charge in [-0.3, -0.25) is 0 Å². The van der Waals surface area contributed by atoms with E-state index < -0.39 is 0 Å². The Morgan fingerprint density at radius 1 is 1.78 bits per heavy atom. The van der Waals surface area contributed by atoms with E-state index in [-0.39, 0.29) is 0 Å². The third-order valence-corrected chi connectivity index (χ3v) is 1.36. The van der Waals surface area contributed by atoms with Gasteiger partial charge in [0.15, 0.2) is 0 Å². The summed E-state index contributed by atoms with van der Waals surface area (Å²) in [5.41, 5.74) is 0.874. The molecule has 0 bridgehead atoms. The Morgan fingerprint density at radius 3 is 3.00 bits per heavy atom. The second-order valence-electron chi connectivity index (χ2n) is 1.61. The van der Waals surface area contributed by atoms with E-state index in [2.05, 4.69) is 16.2 Å². The molecule has 1 heterocycles. The van der Waals surface area contributed by atoms with Crippen molar-refractivity contribution >= 4 is 11.6 Å². The van der Waals surface area contributed by atoms with E-state index in [9.17, 15) is 0 Å². The van der Waals surface area contributed by atoms with E-state index in [0.29, 0.717) is 5.15 Å². The lowest BCUT2D eigenvalue weighted by molar-refractivity contribution is 1.04. The van der Waals surface area contributed by atoms with E-state index in [1.807, 2.05) is 6.92 Å². The van der Waals surface area contributed by atoms with Crippen molar-refractivity contribution in [3.05, 3.63) is 23.2 Å². The van der Waals surface area contributed by atoms with Crippen LogP contribution in [-0.4, -0.2) is 9.97 Å². The van der Waals surface area contributed by atoms with Gasteiger partial charge < -0.3 is 0 Å². The van der Waals surface area contributed by atoms with Crippen LogP contribution in [0.5, 0.6) is 0 Å². The van der Waals surface area contributed by atoms with Gasteiger partial charge in [-0.25, -0.2) is 9.97 Å². The van der Waals surface area contributed by atoms with Crippen LogP contribution in [0.3, 0.4) is 0 Å². The first-order chi connectivity index (χ1) is 4.34. The molecule has 2 nitrogen and oxygen atoms in total. The number of aryl methyl sites for hydroxylation is 1. The second kappa shape index (κ2) is 2.78. The molecule has 0 spiro atoms. The molecule has 1 radical (unpaired) electrons. The van der Waals surface area contributed by atoms with Crippen LogP contribution in [0.15, 0.2) is 6.33 Å². The highest BCUT2D eigenvalue weighted by molar-refractivity contribution is 6.30. The maximum absolute atomic E-state index is 5.64. The van der Waals surface area contributed by atoms with Crippen LogP contribution in [-0.2, 0) is 6.42 Å². The summed E-state index contributed by atoms with van der Waals surface area (Å²) in [6.07, 6.45) is 4.97. The molecular formula is C6H6ClN2. The number of aromatic nitrogens is 2. The van der Waals surface area contributed by atoms with Crippen molar-refractivity contribution in [1.29, 1.82) is 0 Å². The zero-order valence-corrected chi connectivity index (χ0v) is 5.81. The molecule has 0 saturated carbocycles. The fraction of sp³-hybridized carbons (Fsp3) is 0.333. The van der Waals surface area contributed by atoms with Gasteiger partial charge in [-0.05, 0) is 6.42 Å². The maximum Gasteiger partial charge on any atom is 0.136 e. The van der Waals surface area contributed by atoms with Gasteiger partial charge in [0.25, 0.3) is 0 Å². The molecule has 0 aliphatic heterocycles. The molecular weight excluding hydrogens is 136 g/mol. The first-order valence-electron chi connectivity index (χ1n) is 2.71. The first kappa shape index (κ1) is 6.49. The Kier molecular flexibility index (Phi) is 2.01. The summed E-state index contributed by atoms with van der Waals surface area (Å²) in [5, 5.41) is 0.507. The molecule has 0 saturated heterocycles. The van der Waals surface area contributed by atoms with E-state index in [1.165, 1.54) is 6.33 Å². The van der Waals surface area contributed by atoms with Crippen LogP contribution >= 0.6 is 11.6 Å². The molecule has 0 aromatic carbocycles. The third kappa shape index (κ3) is 1.39. The number of rotatable bonds is 1. The largest absolute Gasteiger partial charge is 0.234 e. The van der Waals surface area contributed by atoms with Gasteiger partial charge in [0.2, 0.25) is 0 Å². The van der Waals surface area contributed by atoms with Gasteiger partial charge in [-0.15, -0.1) is 0 Å². The van der Waals surface area contributed by atoms with Crippen molar-refractivity contribution < 1.29 is 0 Å². The number of nitrogens with zero attached hydrogens (tertiary/aromatic N) is 2. The van der Waals surface area contributed by atoms with Gasteiger partial charge in [0.05, 0.1) is 6.20 Å². The zero-order chi connectivity index (χ0) is 6.69. The van der Waals surface area contributed by atoms with Crippen molar-refractivity contribution in [2.24, 2.45) is 0 Å². The van der Waals surface area contributed by atoms with Gasteiger partial charge >= 0.3 is 0 Å². The molecule has 1 aromatic rings. The summed E-state index contributed by atoms with van der Waals surface area (Å²) >= 11 is 5.64. The highest BCUT2D eigenvalue weighted by Gasteiger charge is 1.95. The molecule has 47 valence electrons. The molecule has 9 heavy (non-hydrogen) atoms. The summed E-state index contributed by atoms with van der Waals surface area (Å²) in [7, 11) is 0. The van der Waals surface area contributed by atoms with Crippen molar-refractivity contribution in [3.8, 4) is 0 Å². The van der Waals surface area contributed by atoms with Crippen LogP contribution in [0.4, 0.5) is 0 Å². The fourth-order valence-electron chi connectivity index (χ4n) is 0.535. The summed E-state index contributed by atoms with van der Waals surface area (Å²) < 4.78 is 0. The number of halogens is 1. The monoisotopic (exact) mass is 141 g/mol. The molecule has 0 atom stereocenters. The maximum atomic E-state index is 5.64. The first-order valence-corrected chi connectivity index (χ1v) is 3.09. The van der Waals surface area contributed by atoms with Crippen LogP contribution < -0.4 is 0 Å². The predicted octanol–water partition coefficient (Wildman–Crippen LogP) is 1.49. The molecule has 0 N–H and O–H groups in total. The quantitative estimate of drug-likeness (QED) is 0.554. The Balaban J connectivity index is 3.01. The van der Waals surface area contributed by atoms with E-state index in [0.717, 1.165) is 12.0 Å². The van der Waals surface area contributed by atoms with Gasteiger partial charge in [0, 0.05) is 5.56 Å². The normalized spacial score (nSPS) is 9.56. The predicted molar refractivity (Wildman–Crippen MR) is 35.3 cm³/mol. The number of hydrogen-bond donors (Lipinski definition) is 0. The lowest BCUT2D eigenvalue weighted by Gasteiger charge is -1.93. The average molecular weight is 142 g/mol. The minimum Gasteiger partial charge on any atom is -0.234 e. The molecule has 0 fully saturated rings. The highest BCUT2D eigenvalue weighted by atomic mass is 35.5. The van der Waals surface area contributed by atoms with Crippen LogP contribution in [0.2, 0.25) is 5.15 Å². The van der Waals surface area contributed by atoms with Crippen molar-refractivity contribution in [1.82, 2.24) is 9.97 Å². The van der Waals surface area contributed by atoms with Crippen molar-refractivity contribution in [3.63, 3.8) is 0 Å². The molecule has 0 amide bonds. The topological polar surface area (TPSA) is 25.8 Å². The van der Waals surface area contributed by atoms with Crippen molar-refractivity contribution in [2.75, 3.05) is 0 Å². The highest BCUT2D eigenvalue weighted by Crippen LogP contribution is 2.08. The average Bonchev–Trinajstić information content (AvgIpc) is 1.89. The Labute approximate surface area is 58.9 Å². The summed E-state index contributed by atoms with van der Waals surface area (Å²) in [6.45, 7) is 1.99. The Morgan fingerprint density at radius 2 is 2.56 bits per heavy atom. The summed E-state index contributed by atoms with van der Waals surface area (Å²) in [4.78, 5) is 7.47. The molecule has 0 unspecified atom stereocenters. The van der Waals surface area contributed by atoms with Gasteiger partial charge in [-0.1, -0.05) is 18.5 Å².